The first-order valence-electron chi connectivity index (χ1n) is 5.35. The lowest BCUT2D eigenvalue weighted by Crippen LogP contribution is -1.94. The van der Waals surface area contributed by atoms with E-state index in [4.69, 9.17) is 4.99 Å². The first kappa shape index (κ1) is 10.9. The predicted molar refractivity (Wildman–Crippen MR) is 78.5 cm³/mol. The summed E-state index contributed by atoms with van der Waals surface area (Å²) in [4.78, 5) is 4.76. The van der Waals surface area contributed by atoms with E-state index in [2.05, 4.69) is 47.5 Å². The van der Waals surface area contributed by atoms with E-state index in [9.17, 15) is 0 Å². The van der Waals surface area contributed by atoms with Crippen LogP contribution in [0.2, 0.25) is 0 Å². The summed E-state index contributed by atoms with van der Waals surface area (Å²) in [5, 5.41) is 8.82. The molecule has 3 rings (SSSR count). The van der Waals surface area contributed by atoms with Gasteiger partial charge in [0, 0.05) is 16.3 Å². The largest absolute Gasteiger partial charge is 0.353 e. The van der Waals surface area contributed by atoms with E-state index in [0.29, 0.717) is 0 Å². The number of nitrogens with zero attached hydrogens (tertiary/aromatic N) is 1. The quantitative estimate of drug-likeness (QED) is 0.751. The van der Waals surface area contributed by atoms with Crippen molar-refractivity contribution in [2.45, 2.75) is 6.92 Å². The Labute approximate surface area is 109 Å². The minimum Gasteiger partial charge on any atom is -0.353 e. The number of hydrogen-bond donors (Lipinski definition) is 1. The van der Waals surface area contributed by atoms with Crippen LogP contribution in [0.4, 0.5) is 17.1 Å². The van der Waals surface area contributed by atoms with Crippen molar-refractivity contribution >= 4 is 45.2 Å². The van der Waals surface area contributed by atoms with Crippen LogP contribution < -0.4 is 5.32 Å². The second kappa shape index (κ2) is 4.20. The van der Waals surface area contributed by atoms with E-state index in [1.54, 1.807) is 23.1 Å². The number of anilines is 2. The van der Waals surface area contributed by atoms with Crippen molar-refractivity contribution < 1.29 is 0 Å². The molecule has 2 nitrogen and oxygen atoms in total. The molecule has 1 aliphatic heterocycles. The number of fused-ring (bicyclic) bond motifs is 2. The lowest BCUT2D eigenvalue weighted by Gasteiger charge is -2.06. The number of hydrogen-bond acceptors (Lipinski definition) is 4. The van der Waals surface area contributed by atoms with Gasteiger partial charge in [0.05, 0.1) is 17.1 Å². The summed E-state index contributed by atoms with van der Waals surface area (Å²) in [6.45, 7) is 2.09. The van der Waals surface area contributed by atoms with Crippen molar-refractivity contribution in [3.05, 3.63) is 40.1 Å². The molecule has 0 amide bonds. The molecule has 0 fully saturated rings. The highest BCUT2D eigenvalue weighted by atomic mass is 32.2. The van der Waals surface area contributed by atoms with Crippen molar-refractivity contribution in [1.29, 1.82) is 0 Å². The third-order valence-electron chi connectivity index (χ3n) is 2.73. The molecular weight excluding hydrogens is 248 g/mol. The van der Waals surface area contributed by atoms with Crippen LogP contribution in [-0.2, 0) is 0 Å². The molecule has 2 aromatic rings. The molecular formula is C13H12N2S2. The molecule has 0 unspecified atom stereocenters. The van der Waals surface area contributed by atoms with Crippen molar-refractivity contribution in [3.63, 3.8) is 0 Å². The monoisotopic (exact) mass is 260 g/mol. The van der Waals surface area contributed by atoms with Gasteiger partial charge < -0.3 is 5.32 Å². The van der Waals surface area contributed by atoms with E-state index in [-0.39, 0.29) is 0 Å². The summed E-state index contributed by atoms with van der Waals surface area (Å²) in [7, 11) is 0. The van der Waals surface area contributed by atoms with Gasteiger partial charge >= 0.3 is 0 Å². The smallest absolute Gasteiger partial charge is 0.107 e. The van der Waals surface area contributed by atoms with Crippen LogP contribution in [0.5, 0.6) is 0 Å². The van der Waals surface area contributed by atoms with Gasteiger partial charge in [0.1, 0.15) is 5.04 Å². The first-order valence-corrected chi connectivity index (χ1v) is 7.51. The van der Waals surface area contributed by atoms with E-state index in [1.807, 2.05) is 0 Å². The minimum absolute atomic E-state index is 1.02. The van der Waals surface area contributed by atoms with Crippen LogP contribution in [-0.4, -0.2) is 11.3 Å². The van der Waals surface area contributed by atoms with Crippen molar-refractivity contribution in [2.24, 2.45) is 4.99 Å². The lowest BCUT2D eigenvalue weighted by molar-refractivity contribution is 1.43. The highest BCUT2D eigenvalue weighted by molar-refractivity contribution is 8.13. The van der Waals surface area contributed by atoms with Gasteiger partial charge in [0.25, 0.3) is 0 Å². The molecule has 2 heterocycles. The van der Waals surface area contributed by atoms with Crippen LogP contribution in [0.15, 0.2) is 34.0 Å². The maximum atomic E-state index is 4.76. The Hall–Kier alpha value is -1.26. The lowest BCUT2D eigenvalue weighted by atomic mass is 10.2. The Morgan fingerprint density at radius 2 is 2.12 bits per heavy atom. The Bertz CT molecular complexity index is 599. The standard InChI is InChI=1S/C13H12N2S2/c1-8-3-4-10-11(5-8)15-13(16-2)9-6-17-7-12(9)14-10/h3-7,14H,1-2H3. The molecule has 1 aromatic carbocycles. The van der Waals surface area contributed by atoms with E-state index in [0.717, 1.165) is 22.1 Å². The normalized spacial score (nSPS) is 13.2. The summed E-state index contributed by atoms with van der Waals surface area (Å²) < 4.78 is 0. The molecule has 0 spiro atoms. The number of aliphatic imine (C=N–C) groups is 1. The van der Waals surface area contributed by atoms with Gasteiger partial charge in [0.15, 0.2) is 0 Å². The Morgan fingerprint density at radius 3 is 2.94 bits per heavy atom. The summed E-state index contributed by atoms with van der Waals surface area (Å²) in [6.07, 6.45) is 2.07. The summed E-state index contributed by atoms with van der Waals surface area (Å²) in [5.41, 5.74) is 5.70. The summed E-state index contributed by atoms with van der Waals surface area (Å²) in [6, 6.07) is 6.32. The van der Waals surface area contributed by atoms with Gasteiger partial charge in [-0.1, -0.05) is 6.07 Å². The second-order valence-corrected chi connectivity index (χ2v) is 5.50. The van der Waals surface area contributed by atoms with Crippen LogP contribution in [0.3, 0.4) is 0 Å². The van der Waals surface area contributed by atoms with Crippen molar-refractivity contribution in [1.82, 2.24) is 0 Å². The van der Waals surface area contributed by atoms with E-state index < -0.39 is 0 Å². The zero-order valence-electron chi connectivity index (χ0n) is 9.65. The fourth-order valence-electron chi connectivity index (χ4n) is 1.87. The van der Waals surface area contributed by atoms with Gasteiger partial charge in [-0.15, -0.1) is 23.1 Å². The number of benzene rings is 1. The molecule has 0 atom stereocenters. The maximum Gasteiger partial charge on any atom is 0.107 e. The Morgan fingerprint density at radius 1 is 1.24 bits per heavy atom. The molecule has 0 radical (unpaired) electrons. The molecule has 1 aromatic heterocycles. The van der Waals surface area contributed by atoms with Gasteiger partial charge in [-0.2, -0.15) is 0 Å². The molecule has 0 bridgehead atoms. The Balaban J connectivity index is 2.22. The average molecular weight is 260 g/mol. The van der Waals surface area contributed by atoms with Crippen LogP contribution in [0.1, 0.15) is 11.1 Å². The number of thiophene rings is 1. The highest BCUT2D eigenvalue weighted by Gasteiger charge is 2.16. The maximum absolute atomic E-state index is 4.76. The molecule has 4 heteroatoms. The van der Waals surface area contributed by atoms with Crippen LogP contribution in [0, 0.1) is 6.92 Å². The van der Waals surface area contributed by atoms with Gasteiger partial charge in [-0.05, 0) is 30.9 Å². The topological polar surface area (TPSA) is 24.4 Å². The fraction of sp³-hybridized carbons (Fsp3) is 0.154. The zero-order valence-corrected chi connectivity index (χ0v) is 11.3. The number of nitrogens with one attached hydrogen (secondary N) is 1. The predicted octanol–water partition coefficient (Wildman–Crippen LogP) is 4.55. The van der Waals surface area contributed by atoms with Gasteiger partial charge in [0.2, 0.25) is 0 Å². The van der Waals surface area contributed by atoms with E-state index in [1.165, 1.54) is 11.1 Å². The third-order valence-corrected chi connectivity index (χ3v) is 4.17. The summed E-state index contributed by atoms with van der Waals surface area (Å²) in [5.74, 6) is 0. The summed E-state index contributed by atoms with van der Waals surface area (Å²) >= 11 is 3.40. The number of rotatable bonds is 0. The molecule has 1 N–H and O–H groups in total. The first-order chi connectivity index (χ1) is 8.28. The number of thioether (sulfide) groups is 1. The molecule has 0 saturated carbocycles. The number of aryl methyl sites for hydroxylation is 1. The Kier molecular flexibility index (Phi) is 2.68. The molecule has 0 aliphatic carbocycles. The van der Waals surface area contributed by atoms with Crippen LogP contribution >= 0.6 is 23.1 Å². The minimum atomic E-state index is 1.02. The molecule has 86 valence electrons. The van der Waals surface area contributed by atoms with Crippen molar-refractivity contribution in [2.75, 3.05) is 11.6 Å². The van der Waals surface area contributed by atoms with Crippen LogP contribution in [0.25, 0.3) is 0 Å². The van der Waals surface area contributed by atoms with Gasteiger partial charge in [-0.25, -0.2) is 4.99 Å². The fourth-order valence-corrected chi connectivity index (χ4v) is 3.29. The second-order valence-electron chi connectivity index (χ2n) is 3.97. The highest BCUT2D eigenvalue weighted by Crippen LogP contribution is 2.37. The zero-order chi connectivity index (χ0) is 11.8. The SMILES string of the molecule is CSC1=Nc2cc(C)ccc2Nc2cscc21. The van der Waals surface area contributed by atoms with Crippen molar-refractivity contribution in [3.8, 4) is 0 Å². The molecule has 17 heavy (non-hydrogen) atoms. The van der Waals surface area contributed by atoms with E-state index >= 15 is 0 Å². The average Bonchev–Trinajstić information content (AvgIpc) is 2.72. The van der Waals surface area contributed by atoms with Gasteiger partial charge in [-0.3, -0.25) is 0 Å². The molecule has 1 aliphatic rings. The third kappa shape index (κ3) is 1.87. The molecule has 0 saturated heterocycles.